The maximum absolute atomic E-state index is 13.6. The van der Waals surface area contributed by atoms with Crippen LogP contribution in [0.5, 0.6) is 5.75 Å². The second-order valence-electron chi connectivity index (χ2n) is 4.07. The first-order chi connectivity index (χ1) is 9.29. The summed E-state index contributed by atoms with van der Waals surface area (Å²) in [4.78, 5) is 0. The third-order valence-electron chi connectivity index (χ3n) is 2.64. The fourth-order valence-electron chi connectivity index (χ4n) is 1.63. The topological polar surface area (TPSA) is 44.5 Å². The molecule has 2 aromatic rings. The minimum Gasteiger partial charge on any atom is -0.464 e. The molecule has 0 radical (unpaired) electrons. The van der Waals surface area contributed by atoms with Gasteiger partial charge in [0.1, 0.15) is 0 Å². The quantitative estimate of drug-likeness (QED) is 0.642. The predicted molar refractivity (Wildman–Crippen MR) is 71.0 cm³/mol. The smallest absolute Gasteiger partial charge is 0.189 e. The van der Waals surface area contributed by atoms with Gasteiger partial charge in [0, 0.05) is 6.54 Å². The Hall–Kier alpha value is -1.91. The third-order valence-corrected chi connectivity index (χ3v) is 2.64. The Morgan fingerprint density at radius 2 is 1.79 bits per heavy atom. The Morgan fingerprint density at radius 1 is 1.00 bits per heavy atom. The lowest BCUT2D eigenvalue weighted by molar-refractivity contribution is 0.00301. The molecule has 0 aliphatic carbocycles. The highest BCUT2D eigenvalue weighted by Gasteiger charge is 2.04. The predicted octanol–water partition coefficient (Wildman–Crippen LogP) is 2.84. The first-order valence-corrected chi connectivity index (χ1v) is 6.02. The lowest BCUT2D eigenvalue weighted by Gasteiger charge is -2.09. The van der Waals surface area contributed by atoms with E-state index < -0.39 is 5.82 Å². The summed E-state index contributed by atoms with van der Waals surface area (Å²) in [5.41, 5.74) is 7.20. The molecule has 2 aromatic carbocycles. The Balaban J connectivity index is 1.80. The van der Waals surface area contributed by atoms with Crippen LogP contribution in [0.4, 0.5) is 4.39 Å². The maximum Gasteiger partial charge on any atom is 0.189 e. The van der Waals surface area contributed by atoms with E-state index in [0.29, 0.717) is 13.2 Å². The number of ether oxygens (including phenoxy) is 2. The van der Waals surface area contributed by atoms with E-state index in [1.807, 2.05) is 30.3 Å². The molecule has 2 N–H and O–H groups in total. The summed E-state index contributed by atoms with van der Waals surface area (Å²) in [6.45, 7) is 0.749. The van der Waals surface area contributed by atoms with E-state index in [1.165, 1.54) is 6.07 Å². The van der Waals surface area contributed by atoms with Gasteiger partial charge >= 0.3 is 0 Å². The standard InChI is InChI=1S/C15H16FNO2/c16-14-8-13(9-17)6-7-15(14)19-11-18-10-12-4-2-1-3-5-12/h1-8H,9-11,17H2. The van der Waals surface area contributed by atoms with Crippen molar-refractivity contribution in [2.75, 3.05) is 6.79 Å². The van der Waals surface area contributed by atoms with Crippen LogP contribution in [0.25, 0.3) is 0 Å². The monoisotopic (exact) mass is 261 g/mol. The number of halogens is 1. The van der Waals surface area contributed by atoms with Gasteiger partial charge in [0.2, 0.25) is 0 Å². The molecule has 0 spiro atoms. The summed E-state index contributed by atoms with van der Waals surface area (Å²) in [5.74, 6) is -0.253. The number of hydrogen-bond donors (Lipinski definition) is 1. The Labute approximate surface area is 111 Å². The van der Waals surface area contributed by atoms with Gasteiger partial charge in [0.15, 0.2) is 18.4 Å². The summed E-state index contributed by atoms with van der Waals surface area (Å²) >= 11 is 0. The first kappa shape index (κ1) is 13.5. The van der Waals surface area contributed by atoms with Crippen molar-refractivity contribution in [1.29, 1.82) is 0 Å². The van der Waals surface area contributed by atoms with Gasteiger partial charge in [-0.15, -0.1) is 0 Å². The third kappa shape index (κ3) is 4.05. The van der Waals surface area contributed by atoms with E-state index in [9.17, 15) is 4.39 Å². The lowest BCUT2D eigenvalue weighted by Crippen LogP contribution is -2.05. The second kappa shape index (κ2) is 6.87. The van der Waals surface area contributed by atoms with Crippen molar-refractivity contribution in [1.82, 2.24) is 0 Å². The number of rotatable bonds is 6. The average molecular weight is 261 g/mol. The van der Waals surface area contributed by atoms with Crippen molar-refractivity contribution in [3.8, 4) is 5.75 Å². The van der Waals surface area contributed by atoms with Gasteiger partial charge in [0.25, 0.3) is 0 Å². The van der Waals surface area contributed by atoms with Crippen LogP contribution in [0.1, 0.15) is 11.1 Å². The molecule has 0 fully saturated rings. The average Bonchev–Trinajstić information content (AvgIpc) is 2.46. The van der Waals surface area contributed by atoms with Gasteiger partial charge in [-0.3, -0.25) is 0 Å². The van der Waals surface area contributed by atoms with Crippen LogP contribution in [0.3, 0.4) is 0 Å². The van der Waals surface area contributed by atoms with Crippen molar-refractivity contribution in [3.05, 3.63) is 65.5 Å². The van der Waals surface area contributed by atoms with E-state index in [2.05, 4.69) is 0 Å². The van der Waals surface area contributed by atoms with Gasteiger partial charge in [-0.25, -0.2) is 4.39 Å². The highest BCUT2D eigenvalue weighted by atomic mass is 19.1. The summed E-state index contributed by atoms with van der Waals surface area (Å²) in [6.07, 6.45) is 0. The highest BCUT2D eigenvalue weighted by Crippen LogP contribution is 2.18. The van der Waals surface area contributed by atoms with Crippen molar-refractivity contribution in [2.45, 2.75) is 13.2 Å². The van der Waals surface area contributed by atoms with Crippen LogP contribution in [-0.2, 0) is 17.9 Å². The lowest BCUT2D eigenvalue weighted by atomic mass is 10.2. The Bertz CT molecular complexity index is 517. The zero-order chi connectivity index (χ0) is 13.5. The van der Waals surface area contributed by atoms with Gasteiger partial charge in [-0.05, 0) is 23.3 Å². The Morgan fingerprint density at radius 3 is 2.47 bits per heavy atom. The van der Waals surface area contributed by atoms with Gasteiger partial charge in [-0.1, -0.05) is 36.4 Å². The number of benzene rings is 2. The zero-order valence-electron chi connectivity index (χ0n) is 10.5. The molecule has 0 unspecified atom stereocenters. The zero-order valence-corrected chi connectivity index (χ0v) is 10.5. The van der Waals surface area contributed by atoms with E-state index in [4.69, 9.17) is 15.2 Å². The summed E-state index contributed by atoms with van der Waals surface area (Å²) < 4.78 is 24.1. The molecule has 4 heteroatoms. The van der Waals surface area contributed by atoms with E-state index >= 15 is 0 Å². The van der Waals surface area contributed by atoms with Crippen LogP contribution in [0.15, 0.2) is 48.5 Å². The molecule has 2 rings (SSSR count). The molecular formula is C15H16FNO2. The van der Waals surface area contributed by atoms with Crippen LogP contribution in [0.2, 0.25) is 0 Å². The van der Waals surface area contributed by atoms with E-state index in [1.54, 1.807) is 12.1 Å². The second-order valence-corrected chi connectivity index (χ2v) is 4.07. The Kier molecular flexibility index (Phi) is 4.89. The number of nitrogens with two attached hydrogens (primary N) is 1. The largest absolute Gasteiger partial charge is 0.464 e. The van der Waals surface area contributed by atoms with Crippen LogP contribution in [0, 0.1) is 5.82 Å². The first-order valence-electron chi connectivity index (χ1n) is 6.02. The van der Waals surface area contributed by atoms with Gasteiger partial charge in [-0.2, -0.15) is 0 Å². The van der Waals surface area contributed by atoms with Crippen LogP contribution in [-0.4, -0.2) is 6.79 Å². The maximum atomic E-state index is 13.6. The molecule has 0 heterocycles. The molecule has 0 saturated carbocycles. The highest BCUT2D eigenvalue weighted by molar-refractivity contribution is 5.29. The summed E-state index contributed by atoms with van der Waals surface area (Å²) in [5, 5.41) is 0. The molecule has 0 bridgehead atoms. The van der Waals surface area contributed by atoms with Gasteiger partial charge < -0.3 is 15.2 Å². The number of hydrogen-bond acceptors (Lipinski definition) is 3. The molecule has 0 aromatic heterocycles. The fraction of sp³-hybridized carbons (Fsp3) is 0.200. The van der Waals surface area contributed by atoms with Crippen LogP contribution >= 0.6 is 0 Å². The molecule has 0 saturated heterocycles. The molecule has 3 nitrogen and oxygen atoms in total. The fourth-order valence-corrected chi connectivity index (χ4v) is 1.63. The van der Waals surface area contributed by atoms with Crippen molar-refractivity contribution in [2.24, 2.45) is 5.73 Å². The molecule has 0 amide bonds. The minimum absolute atomic E-state index is 0.00772. The van der Waals surface area contributed by atoms with Gasteiger partial charge in [0.05, 0.1) is 6.61 Å². The SMILES string of the molecule is NCc1ccc(OCOCc2ccccc2)c(F)c1. The van der Waals surface area contributed by atoms with Crippen molar-refractivity contribution >= 4 is 0 Å². The molecule has 0 aliphatic rings. The minimum atomic E-state index is -0.425. The molecule has 100 valence electrons. The van der Waals surface area contributed by atoms with Crippen molar-refractivity contribution < 1.29 is 13.9 Å². The molecular weight excluding hydrogens is 245 g/mol. The normalized spacial score (nSPS) is 10.4. The molecule has 0 atom stereocenters. The molecule has 19 heavy (non-hydrogen) atoms. The van der Waals surface area contributed by atoms with Crippen molar-refractivity contribution in [3.63, 3.8) is 0 Å². The van der Waals surface area contributed by atoms with Crippen LogP contribution < -0.4 is 10.5 Å². The van der Waals surface area contributed by atoms with E-state index in [0.717, 1.165) is 11.1 Å². The summed E-state index contributed by atoms with van der Waals surface area (Å²) in [7, 11) is 0. The van der Waals surface area contributed by atoms with E-state index in [-0.39, 0.29) is 12.5 Å². The summed E-state index contributed by atoms with van der Waals surface area (Å²) in [6, 6.07) is 14.4. The molecule has 0 aliphatic heterocycles.